The van der Waals surface area contributed by atoms with Gasteiger partial charge in [0.25, 0.3) is 0 Å². The van der Waals surface area contributed by atoms with E-state index in [9.17, 15) is 15.3 Å². The third-order valence-electron chi connectivity index (χ3n) is 5.51. The van der Waals surface area contributed by atoms with E-state index in [1.54, 1.807) is 6.92 Å². The van der Waals surface area contributed by atoms with Crippen LogP contribution < -0.4 is 5.73 Å². The molecule has 9 atom stereocenters. The SMILES string of the molecule is COOCC1CC(OCCN)C(OC2OC(CO)C(O)C(O)C2C)CC1OOC. The third kappa shape index (κ3) is 6.52. The highest BCUT2D eigenvalue weighted by Gasteiger charge is 2.46. The molecular weight excluding hydrogens is 390 g/mol. The minimum absolute atomic E-state index is 0.0696. The lowest BCUT2D eigenvalue weighted by atomic mass is 9.83. The zero-order chi connectivity index (χ0) is 21.4. The highest BCUT2D eigenvalue weighted by molar-refractivity contribution is 4.91. The first-order chi connectivity index (χ1) is 14.0. The molecule has 1 aliphatic carbocycles. The topological polar surface area (TPSA) is 151 Å². The van der Waals surface area contributed by atoms with Gasteiger partial charge in [0.2, 0.25) is 0 Å². The molecule has 0 spiro atoms. The minimum atomic E-state index is -1.19. The zero-order valence-electron chi connectivity index (χ0n) is 17.2. The van der Waals surface area contributed by atoms with Crippen LogP contribution in [-0.2, 0) is 33.8 Å². The Bertz CT molecular complexity index is 456. The molecule has 1 heterocycles. The van der Waals surface area contributed by atoms with Crippen molar-refractivity contribution < 1.29 is 49.1 Å². The second-order valence-electron chi connectivity index (χ2n) is 7.42. The summed E-state index contributed by atoms with van der Waals surface area (Å²) in [5.74, 6) is -0.584. The summed E-state index contributed by atoms with van der Waals surface area (Å²) in [6.45, 7) is 2.26. The van der Waals surface area contributed by atoms with Gasteiger partial charge in [0, 0.05) is 24.8 Å². The van der Waals surface area contributed by atoms with Gasteiger partial charge in [-0.2, -0.15) is 0 Å². The van der Waals surface area contributed by atoms with E-state index in [2.05, 4.69) is 0 Å². The van der Waals surface area contributed by atoms with Crippen LogP contribution in [0.15, 0.2) is 0 Å². The summed E-state index contributed by atoms with van der Waals surface area (Å²) in [6, 6.07) is 0. The monoisotopic (exact) mass is 425 g/mol. The summed E-state index contributed by atoms with van der Waals surface area (Å²) in [5.41, 5.74) is 5.59. The Morgan fingerprint density at radius 1 is 1.03 bits per heavy atom. The molecule has 0 radical (unpaired) electrons. The smallest absolute Gasteiger partial charge is 0.163 e. The van der Waals surface area contributed by atoms with Gasteiger partial charge >= 0.3 is 0 Å². The molecule has 0 aromatic rings. The molecule has 172 valence electrons. The zero-order valence-corrected chi connectivity index (χ0v) is 17.2. The standard InChI is InChI=1S/C18H35NO10/c1-10-16(21)17(22)15(8-20)28-18(10)27-14-7-12(29-24-3)11(9-26-23-2)6-13(14)25-5-4-19/h10-18,20-22H,4-9,19H2,1-3H3. The first-order valence-corrected chi connectivity index (χ1v) is 9.91. The Morgan fingerprint density at radius 2 is 1.79 bits per heavy atom. The van der Waals surface area contributed by atoms with Gasteiger partial charge in [-0.3, -0.25) is 0 Å². The fraction of sp³-hybridized carbons (Fsp3) is 1.00. The quantitative estimate of drug-likeness (QED) is 0.231. The molecule has 1 aliphatic heterocycles. The maximum absolute atomic E-state index is 10.3. The number of nitrogens with two attached hydrogens (primary N) is 1. The summed E-state index contributed by atoms with van der Waals surface area (Å²) >= 11 is 0. The van der Waals surface area contributed by atoms with Crippen LogP contribution in [0.25, 0.3) is 0 Å². The molecule has 0 aromatic carbocycles. The van der Waals surface area contributed by atoms with E-state index in [0.717, 1.165) is 0 Å². The summed E-state index contributed by atoms with van der Waals surface area (Å²) in [6.07, 6.45) is -4.23. The van der Waals surface area contributed by atoms with Crippen LogP contribution in [0.5, 0.6) is 0 Å². The molecule has 9 unspecified atom stereocenters. The van der Waals surface area contributed by atoms with Gasteiger partial charge in [-0.1, -0.05) is 6.92 Å². The number of rotatable bonds is 11. The van der Waals surface area contributed by atoms with Gasteiger partial charge in [0.15, 0.2) is 6.29 Å². The number of hydrogen-bond donors (Lipinski definition) is 4. The van der Waals surface area contributed by atoms with E-state index in [4.69, 9.17) is 39.5 Å². The fourth-order valence-electron chi connectivity index (χ4n) is 3.83. The van der Waals surface area contributed by atoms with Gasteiger partial charge in [-0.05, 0) is 6.42 Å². The molecule has 11 nitrogen and oxygen atoms in total. The molecule has 5 N–H and O–H groups in total. The van der Waals surface area contributed by atoms with Crippen LogP contribution >= 0.6 is 0 Å². The van der Waals surface area contributed by atoms with Crippen molar-refractivity contribution in [1.29, 1.82) is 0 Å². The molecule has 2 aliphatic rings. The van der Waals surface area contributed by atoms with Gasteiger partial charge in [0.1, 0.15) is 18.3 Å². The summed E-state index contributed by atoms with van der Waals surface area (Å²) in [5, 5.41) is 29.8. The van der Waals surface area contributed by atoms with Crippen LogP contribution in [0.3, 0.4) is 0 Å². The maximum Gasteiger partial charge on any atom is 0.163 e. The van der Waals surface area contributed by atoms with E-state index in [1.165, 1.54) is 14.2 Å². The van der Waals surface area contributed by atoms with Gasteiger partial charge < -0.3 is 35.3 Å². The van der Waals surface area contributed by atoms with Crippen LogP contribution in [0, 0.1) is 11.8 Å². The van der Waals surface area contributed by atoms with Crippen molar-refractivity contribution in [2.24, 2.45) is 17.6 Å². The summed E-state index contributed by atoms with van der Waals surface area (Å²) < 4.78 is 17.8. The van der Waals surface area contributed by atoms with Gasteiger partial charge in [0.05, 0.1) is 52.4 Å². The largest absolute Gasteiger partial charge is 0.394 e. The fourth-order valence-corrected chi connectivity index (χ4v) is 3.83. The highest BCUT2D eigenvalue weighted by Crippen LogP contribution is 2.35. The maximum atomic E-state index is 10.3. The molecule has 11 heteroatoms. The van der Waals surface area contributed by atoms with E-state index in [0.29, 0.717) is 26.0 Å². The van der Waals surface area contributed by atoms with E-state index in [1.807, 2.05) is 0 Å². The molecule has 1 saturated carbocycles. The molecule has 0 bridgehead atoms. The van der Waals surface area contributed by atoms with Gasteiger partial charge in [-0.15, -0.1) is 0 Å². The summed E-state index contributed by atoms with van der Waals surface area (Å²) in [7, 11) is 2.86. The van der Waals surface area contributed by atoms with E-state index in [-0.39, 0.29) is 24.7 Å². The summed E-state index contributed by atoms with van der Waals surface area (Å²) in [4.78, 5) is 20.1. The Kier molecular flexibility index (Phi) is 10.6. The second kappa shape index (κ2) is 12.4. The van der Waals surface area contributed by atoms with E-state index < -0.39 is 43.2 Å². The van der Waals surface area contributed by atoms with Gasteiger partial charge in [-0.25, -0.2) is 19.6 Å². The lowest BCUT2D eigenvalue weighted by Gasteiger charge is -2.45. The van der Waals surface area contributed by atoms with Crippen molar-refractivity contribution in [1.82, 2.24) is 0 Å². The van der Waals surface area contributed by atoms with Crippen LogP contribution in [0.4, 0.5) is 0 Å². The lowest BCUT2D eigenvalue weighted by molar-refractivity contribution is -0.356. The minimum Gasteiger partial charge on any atom is -0.394 e. The number of aliphatic hydroxyl groups is 3. The highest BCUT2D eigenvalue weighted by atomic mass is 17.2. The van der Waals surface area contributed by atoms with Crippen molar-refractivity contribution in [2.45, 2.75) is 62.7 Å². The predicted molar refractivity (Wildman–Crippen MR) is 98.2 cm³/mol. The molecule has 2 rings (SSSR count). The Hall–Kier alpha value is -0.440. The number of hydrogen-bond acceptors (Lipinski definition) is 11. The number of ether oxygens (including phenoxy) is 3. The Labute approximate surface area is 170 Å². The molecular formula is C18H35NO10. The molecule has 1 saturated heterocycles. The van der Waals surface area contributed by atoms with Crippen molar-refractivity contribution in [3.8, 4) is 0 Å². The first-order valence-electron chi connectivity index (χ1n) is 9.91. The third-order valence-corrected chi connectivity index (χ3v) is 5.51. The normalized spacial score (nSPS) is 40.9. The van der Waals surface area contributed by atoms with Crippen molar-refractivity contribution in [3.05, 3.63) is 0 Å². The molecule has 29 heavy (non-hydrogen) atoms. The predicted octanol–water partition coefficient (Wildman–Crippen LogP) is -1.27. The van der Waals surface area contributed by atoms with Crippen LogP contribution in [0.2, 0.25) is 0 Å². The first kappa shape index (κ1) is 24.8. The van der Waals surface area contributed by atoms with Crippen LogP contribution in [0.1, 0.15) is 19.8 Å². The lowest BCUT2D eigenvalue weighted by Crippen LogP contribution is -2.57. The molecule has 2 fully saturated rings. The molecule has 0 aromatic heterocycles. The van der Waals surface area contributed by atoms with Crippen molar-refractivity contribution in [2.75, 3.05) is 40.6 Å². The van der Waals surface area contributed by atoms with Crippen molar-refractivity contribution >= 4 is 0 Å². The molecule has 0 amide bonds. The van der Waals surface area contributed by atoms with Crippen molar-refractivity contribution in [3.63, 3.8) is 0 Å². The number of aliphatic hydroxyl groups excluding tert-OH is 3. The second-order valence-corrected chi connectivity index (χ2v) is 7.42. The average Bonchev–Trinajstić information content (AvgIpc) is 2.72. The Balaban J connectivity index is 2.11. The van der Waals surface area contributed by atoms with Crippen LogP contribution in [-0.4, -0.2) is 98.8 Å². The van der Waals surface area contributed by atoms with E-state index >= 15 is 0 Å². The Morgan fingerprint density at radius 3 is 2.41 bits per heavy atom. The average molecular weight is 425 g/mol.